The maximum atomic E-state index is 8.74. The van der Waals surface area contributed by atoms with Crippen LogP contribution in [-0.2, 0) is 0 Å². The van der Waals surface area contributed by atoms with Crippen molar-refractivity contribution in [3.8, 4) is 6.07 Å². The van der Waals surface area contributed by atoms with Crippen molar-refractivity contribution in [2.75, 3.05) is 5.32 Å². The Morgan fingerprint density at radius 2 is 2.00 bits per heavy atom. The topological polar surface area (TPSA) is 48.7 Å². The van der Waals surface area contributed by atoms with Crippen LogP contribution in [0.15, 0.2) is 41.0 Å². The number of nitriles is 1. The van der Waals surface area contributed by atoms with E-state index in [4.69, 9.17) is 16.9 Å². The zero-order valence-electron chi connectivity index (χ0n) is 8.61. The van der Waals surface area contributed by atoms with Crippen molar-refractivity contribution in [1.82, 2.24) is 4.98 Å². The summed E-state index contributed by atoms with van der Waals surface area (Å²) in [7, 11) is 0. The van der Waals surface area contributed by atoms with E-state index >= 15 is 0 Å². The molecule has 0 saturated heterocycles. The molecule has 0 unspecified atom stereocenters. The Labute approximate surface area is 112 Å². The highest BCUT2D eigenvalue weighted by molar-refractivity contribution is 9.10. The van der Waals surface area contributed by atoms with E-state index in [9.17, 15) is 0 Å². The SMILES string of the molecule is N#Cc1cc(Nc2ccc(Br)c(Cl)c2)ccn1. The van der Waals surface area contributed by atoms with Crippen LogP contribution < -0.4 is 5.32 Å². The second kappa shape index (κ2) is 5.17. The third kappa shape index (κ3) is 2.96. The Morgan fingerprint density at radius 1 is 1.24 bits per heavy atom. The first kappa shape index (κ1) is 11.9. The van der Waals surface area contributed by atoms with Crippen molar-refractivity contribution < 1.29 is 0 Å². The molecule has 1 aromatic heterocycles. The number of nitrogens with one attached hydrogen (secondary N) is 1. The molecule has 1 heterocycles. The number of benzene rings is 1. The summed E-state index contributed by atoms with van der Waals surface area (Å²) in [5.74, 6) is 0. The van der Waals surface area contributed by atoms with E-state index in [0.29, 0.717) is 10.7 Å². The van der Waals surface area contributed by atoms with Crippen LogP contribution in [0.5, 0.6) is 0 Å². The molecule has 0 radical (unpaired) electrons. The Hall–Kier alpha value is -1.57. The number of hydrogen-bond donors (Lipinski definition) is 1. The highest BCUT2D eigenvalue weighted by Gasteiger charge is 2.00. The lowest BCUT2D eigenvalue weighted by Gasteiger charge is -2.07. The normalized spacial score (nSPS) is 9.71. The maximum absolute atomic E-state index is 8.74. The van der Waals surface area contributed by atoms with Crippen molar-refractivity contribution in [2.45, 2.75) is 0 Å². The van der Waals surface area contributed by atoms with E-state index in [0.717, 1.165) is 15.8 Å². The molecule has 0 atom stereocenters. The van der Waals surface area contributed by atoms with Crippen molar-refractivity contribution >= 4 is 38.9 Å². The summed E-state index contributed by atoms with van der Waals surface area (Å²) >= 11 is 9.31. The lowest BCUT2D eigenvalue weighted by Crippen LogP contribution is -1.92. The smallest absolute Gasteiger partial charge is 0.142 e. The lowest BCUT2D eigenvalue weighted by atomic mass is 10.3. The fourth-order valence-corrected chi connectivity index (χ4v) is 1.74. The van der Waals surface area contributed by atoms with Crippen LogP contribution in [-0.4, -0.2) is 4.98 Å². The van der Waals surface area contributed by atoms with Gasteiger partial charge in [-0.05, 0) is 46.3 Å². The first-order valence-electron chi connectivity index (χ1n) is 4.77. The molecule has 0 fully saturated rings. The van der Waals surface area contributed by atoms with Crippen molar-refractivity contribution in [2.24, 2.45) is 0 Å². The molecule has 1 N–H and O–H groups in total. The molecule has 0 bridgehead atoms. The number of pyridine rings is 1. The highest BCUT2D eigenvalue weighted by atomic mass is 79.9. The molecule has 0 spiro atoms. The minimum absolute atomic E-state index is 0.373. The number of nitrogens with zero attached hydrogens (tertiary/aromatic N) is 2. The molecule has 0 amide bonds. The van der Waals surface area contributed by atoms with Gasteiger partial charge in [-0.1, -0.05) is 11.6 Å². The molecule has 0 aliphatic carbocycles. The van der Waals surface area contributed by atoms with Crippen molar-refractivity contribution in [3.63, 3.8) is 0 Å². The number of aromatic nitrogens is 1. The van der Waals surface area contributed by atoms with Gasteiger partial charge in [0, 0.05) is 22.0 Å². The quantitative estimate of drug-likeness (QED) is 0.908. The van der Waals surface area contributed by atoms with Crippen LogP contribution in [0.2, 0.25) is 5.02 Å². The third-order valence-electron chi connectivity index (χ3n) is 2.08. The molecule has 2 aromatic rings. The lowest BCUT2D eigenvalue weighted by molar-refractivity contribution is 1.26. The molecule has 3 nitrogen and oxygen atoms in total. The van der Waals surface area contributed by atoms with Gasteiger partial charge in [0.2, 0.25) is 0 Å². The van der Waals surface area contributed by atoms with Gasteiger partial charge >= 0.3 is 0 Å². The monoisotopic (exact) mass is 307 g/mol. The summed E-state index contributed by atoms with van der Waals surface area (Å²) in [5, 5.41) is 12.5. The third-order valence-corrected chi connectivity index (χ3v) is 3.32. The summed E-state index contributed by atoms with van der Waals surface area (Å²) in [4.78, 5) is 3.90. The van der Waals surface area contributed by atoms with Crippen LogP contribution in [0.4, 0.5) is 11.4 Å². The second-order valence-electron chi connectivity index (χ2n) is 3.30. The largest absolute Gasteiger partial charge is 0.355 e. The minimum Gasteiger partial charge on any atom is -0.355 e. The summed E-state index contributed by atoms with van der Waals surface area (Å²) < 4.78 is 0.845. The molecule has 5 heteroatoms. The molecule has 0 aliphatic rings. The molecule has 2 rings (SSSR count). The van der Waals surface area contributed by atoms with Gasteiger partial charge in [-0.3, -0.25) is 0 Å². The first-order chi connectivity index (χ1) is 8.19. The van der Waals surface area contributed by atoms with Gasteiger partial charge in [0.05, 0.1) is 5.02 Å². The Morgan fingerprint density at radius 3 is 2.71 bits per heavy atom. The van der Waals surface area contributed by atoms with Crippen LogP contribution in [0.1, 0.15) is 5.69 Å². The van der Waals surface area contributed by atoms with E-state index < -0.39 is 0 Å². The Kier molecular flexibility index (Phi) is 3.62. The van der Waals surface area contributed by atoms with Gasteiger partial charge in [0.15, 0.2) is 0 Å². The van der Waals surface area contributed by atoms with Crippen LogP contribution in [0.3, 0.4) is 0 Å². The number of anilines is 2. The van der Waals surface area contributed by atoms with E-state index in [2.05, 4.69) is 26.2 Å². The first-order valence-corrected chi connectivity index (χ1v) is 5.94. The van der Waals surface area contributed by atoms with E-state index in [1.807, 2.05) is 18.2 Å². The predicted octanol–water partition coefficient (Wildman–Crippen LogP) is 4.11. The second-order valence-corrected chi connectivity index (χ2v) is 4.56. The number of hydrogen-bond acceptors (Lipinski definition) is 3. The van der Waals surface area contributed by atoms with Gasteiger partial charge in [0.25, 0.3) is 0 Å². The molecular formula is C12H7BrClN3. The van der Waals surface area contributed by atoms with E-state index in [-0.39, 0.29) is 0 Å². The zero-order valence-corrected chi connectivity index (χ0v) is 11.0. The van der Waals surface area contributed by atoms with Gasteiger partial charge in [-0.25, -0.2) is 4.98 Å². The maximum Gasteiger partial charge on any atom is 0.142 e. The predicted molar refractivity (Wildman–Crippen MR) is 71.4 cm³/mol. The fraction of sp³-hybridized carbons (Fsp3) is 0. The molecule has 1 aromatic carbocycles. The summed E-state index contributed by atoms with van der Waals surface area (Å²) in [6.45, 7) is 0. The molecular weight excluding hydrogens is 302 g/mol. The zero-order chi connectivity index (χ0) is 12.3. The van der Waals surface area contributed by atoms with Gasteiger partial charge in [0.1, 0.15) is 11.8 Å². The van der Waals surface area contributed by atoms with Crippen molar-refractivity contribution in [3.05, 3.63) is 51.7 Å². The highest BCUT2D eigenvalue weighted by Crippen LogP contribution is 2.27. The molecule has 17 heavy (non-hydrogen) atoms. The standard InChI is InChI=1S/C12H7BrClN3/c13-11-2-1-8(6-12(11)14)17-9-3-4-16-10(5-9)7-15/h1-6H,(H,16,17). The van der Waals surface area contributed by atoms with Crippen LogP contribution in [0.25, 0.3) is 0 Å². The summed E-state index contributed by atoms with van der Waals surface area (Å²) in [6.07, 6.45) is 1.58. The molecule has 0 aliphatic heterocycles. The van der Waals surface area contributed by atoms with Gasteiger partial charge in [-0.2, -0.15) is 5.26 Å². The van der Waals surface area contributed by atoms with Gasteiger partial charge in [-0.15, -0.1) is 0 Å². The van der Waals surface area contributed by atoms with E-state index in [1.54, 1.807) is 24.4 Å². The minimum atomic E-state index is 0.373. The number of rotatable bonds is 2. The van der Waals surface area contributed by atoms with Crippen molar-refractivity contribution in [1.29, 1.82) is 5.26 Å². The average Bonchev–Trinajstić information content (AvgIpc) is 2.34. The summed E-state index contributed by atoms with van der Waals surface area (Å²) in [6, 6.07) is 11.0. The molecule has 0 saturated carbocycles. The molecule has 84 valence electrons. The average molecular weight is 309 g/mol. The van der Waals surface area contributed by atoms with Gasteiger partial charge < -0.3 is 5.32 Å². The number of halogens is 2. The van der Waals surface area contributed by atoms with E-state index in [1.165, 1.54) is 0 Å². The fourth-order valence-electron chi connectivity index (χ4n) is 1.31. The van der Waals surface area contributed by atoms with Crippen LogP contribution >= 0.6 is 27.5 Å². The van der Waals surface area contributed by atoms with Crippen LogP contribution in [0, 0.1) is 11.3 Å². The Balaban J connectivity index is 2.25. The summed E-state index contributed by atoms with van der Waals surface area (Å²) in [5.41, 5.74) is 2.03. The Bertz CT molecular complexity index is 593.